The second kappa shape index (κ2) is 11.5. The van der Waals surface area contributed by atoms with Gasteiger partial charge in [-0.3, -0.25) is 4.79 Å². The molecule has 1 unspecified atom stereocenters. The van der Waals surface area contributed by atoms with Crippen LogP contribution in [0.2, 0.25) is 0 Å². The Hall–Kier alpha value is -2.65. The Morgan fingerprint density at radius 3 is 2.63 bits per heavy atom. The fourth-order valence-electron chi connectivity index (χ4n) is 2.70. The van der Waals surface area contributed by atoms with Crippen LogP contribution in [0.15, 0.2) is 53.6 Å². The Bertz CT molecular complexity index is 904. The first-order valence-electron chi connectivity index (χ1n) is 9.90. The van der Waals surface area contributed by atoms with Crippen LogP contribution in [-0.2, 0) is 14.8 Å². The Morgan fingerprint density at radius 2 is 1.97 bits per heavy atom. The van der Waals surface area contributed by atoms with Crippen LogP contribution >= 0.6 is 0 Å². The van der Waals surface area contributed by atoms with E-state index < -0.39 is 22.0 Å². The molecule has 1 atom stereocenters. The van der Waals surface area contributed by atoms with Gasteiger partial charge in [0.25, 0.3) is 0 Å². The van der Waals surface area contributed by atoms with E-state index in [-0.39, 0.29) is 17.2 Å². The number of hydrogen-bond donors (Lipinski definition) is 3. The van der Waals surface area contributed by atoms with Crippen LogP contribution in [0.1, 0.15) is 33.1 Å². The van der Waals surface area contributed by atoms with E-state index in [2.05, 4.69) is 15.0 Å². The number of carbonyl (C=O) groups is 1. The Kier molecular flexibility index (Phi) is 9.07. The summed E-state index contributed by atoms with van der Waals surface area (Å²) >= 11 is 0. The number of hydrogen-bond acceptors (Lipinski definition) is 6. The summed E-state index contributed by atoms with van der Waals surface area (Å²) in [5.41, 5.74) is 0. The van der Waals surface area contributed by atoms with E-state index in [4.69, 9.17) is 9.84 Å². The fraction of sp³-hybridized carbons (Fsp3) is 0.429. The second-order valence-electron chi connectivity index (χ2n) is 7.24. The molecule has 3 N–H and O–H groups in total. The first-order chi connectivity index (χ1) is 14.3. The summed E-state index contributed by atoms with van der Waals surface area (Å²) in [6.45, 7) is 4.77. The van der Waals surface area contributed by atoms with Crippen molar-refractivity contribution in [2.45, 2.75) is 44.0 Å². The van der Waals surface area contributed by atoms with Crippen LogP contribution in [0.4, 0.5) is 5.82 Å². The van der Waals surface area contributed by atoms with Gasteiger partial charge in [-0.15, -0.1) is 0 Å². The number of ether oxygens (including phenoxy) is 1. The summed E-state index contributed by atoms with van der Waals surface area (Å²) in [5.74, 6) is 0.0716. The van der Waals surface area contributed by atoms with E-state index in [9.17, 15) is 13.2 Å². The molecule has 1 aromatic heterocycles. The molecule has 0 aliphatic carbocycles. The first-order valence-corrected chi connectivity index (χ1v) is 11.4. The number of carboxylic acid groups (broad SMARTS) is 1. The zero-order valence-electron chi connectivity index (χ0n) is 17.2. The van der Waals surface area contributed by atoms with Crippen molar-refractivity contribution in [3.8, 4) is 5.75 Å². The predicted molar refractivity (Wildman–Crippen MR) is 115 cm³/mol. The van der Waals surface area contributed by atoms with Crippen molar-refractivity contribution >= 4 is 21.8 Å². The Morgan fingerprint density at radius 1 is 1.17 bits per heavy atom. The number of aromatic nitrogens is 1. The maximum atomic E-state index is 12.7. The van der Waals surface area contributed by atoms with Crippen molar-refractivity contribution in [1.29, 1.82) is 0 Å². The summed E-state index contributed by atoms with van der Waals surface area (Å²) in [7, 11) is -3.85. The van der Waals surface area contributed by atoms with E-state index in [1.165, 1.54) is 12.1 Å². The highest BCUT2D eigenvalue weighted by atomic mass is 32.2. The van der Waals surface area contributed by atoms with E-state index >= 15 is 0 Å². The molecule has 0 fully saturated rings. The quantitative estimate of drug-likeness (QED) is 0.414. The number of benzene rings is 1. The normalized spacial score (nSPS) is 12.5. The largest absolute Gasteiger partial charge is 0.494 e. The van der Waals surface area contributed by atoms with Crippen LogP contribution < -0.4 is 14.8 Å². The van der Waals surface area contributed by atoms with Crippen LogP contribution in [0.25, 0.3) is 0 Å². The Labute approximate surface area is 177 Å². The molecule has 0 saturated carbocycles. The van der Waals surface area contributed by atoms with Crippen molar-refractivity contribution in [1.82, 2.24) is 9.71 Å². The zero-order chi connectivity index (χ0) is 22.0. The van der Waals surface area contributed by atoms with Gasteiger partial charge in [0.15, 0.2) is 0 Å². The minimum absolute atomic E-state index is 0.0489. The number of aliphatic carboxylic acids is 1. The van der Waals surface area contributed by atoms with Gasteiger partial charge in [0.2, 0.25) is 10.0 Å². The van der Waals surface area contributed by atoms with Crippen LogP contribution in [0.3, 0.4) is 0 Å². The maximum absolute atomic E-state index is 12.7. The molecule has 0 aliphatic rings. The number of pyridine rings is 1. The predicted octanol–water partition coefficient (Wildman–Crippen LogP) is 3.13. The third-order valence-corrected chi connectivity index (χ3v) is 5.92. The average Bonchev–Trinajstić information content (AvgIpc) is 2.70. The molecule has 2 aromatic rings. The van der Waals surface area contributed by atoms with Gasteiger partial charge in [0.1, 0.15) is 11.6 Å². The molecule has 0 radical (unpaired) electrons. The number of sulfonamides is 1. The molecule has 8 nitrogen and oxygen atoms in total. The van der Waals surface area contributed by atoms with Crippen molar-refractivity contribution in [3.05, 3.63) is 48.7 Å². The summed E-state index contributed by atoms with van der Waals surface area (Å²) < 4.78 is 33.5. The zero-order valence-corrected chi connectivity index (χ0v) is 18.1. The molecule has 0 spiro atoms. The molecule has 0 amide bonds. The van der Waals surface area contributed by atoms with E-state index in [1.54, 1.807) is 32.2 Å². The molecule has 0 aliphatic heterocycles. The summed E-state index contributed by atoms with van der Waals surface area (Å²) in [5, 5.41) is 12.2. The molecule has 1 heterocycles. The summed E-state index contributed by atoms with van der Waals surface area (Å²) in [6.07, 6.45) is 3.12. The van der Waals surface area contributed by atoms with E-state index in [0.717, 1.165) is 25.2 Å². The van der Waals surface area contributed by atoms with E-state index in [1.807, 2.05) is 18.2 Å². The standard InChI is InChI=1S/C21H29N3O5S/c1-16(2)19(15-21(25)26)24-30(27,28)18-9-7-8-17(14-18)29-13-6-5-12-23-20-10-3-4-11-22-20/h3-4,7-11,14,16,19,24H,5-6,12-13,15H2,1-2H3,(H,22,23)(H,25,26). The number of nitrogens with one attached hydrogen (secondary N) is 2. The van der Waals surface area contributed by atoms with Gasteiger partial charge in [0.05, 0.1) is 17.9 Å². The number of unbranched alkanes of at least 4 members (excludes halogenated alkanes) is 1. The Balaban J connectivity index is 1.84. The number of carboxylic acids is 1. The summed E-state index contributed by atoms with van der Waals surface area (Å²) in [6, 6.07) is 11.2. The van der Waals surface area contributed by atoms with E-state index in [0.29, 0.717) is 12.4 Å². The maximum Gasteiger partial charge on any atom is 0.304 e. The minimum Gasteiger partial charge on any atom is -0.494 e. The molecule has 2 rings (SSSR count). The second-order valence-corrected chi connectivity index (χ2v) is 8.96. The van der Waals surface area contributed by atoms with Crippen LogP contribution in [0.5, 0.6) is 5.75 Å². The highest BCUT2D eigenvalue weighted by molar-refractivity contribution is 7.89. The number of nitrogens with zero attached hydrogens (tertiary/aromatic N) is 1. The van der Waals surface area contributed by atoms with Crippen LogP contribution in [-0.4, -0.2) is 43.7 Å². The SMILES string of the molecule is CC(C)C(CC(=O)O)NS(=O)(=O)c1cccc(OCCCCNc2ccccn2)c1. The summed E-state index contributed by atoms with van der Waals surface area (Å²) in [4.78, 5) is 15.2. The van der Waals surface area contributed by atoms with Gasteiger partial charge < -0.3 is 15.2 Å². The first kappa shape index (κ1) is 23.6. The lowest BCUT2D eigenvalue weighted by Gasteiger charge is -2.20. The van der Waals surface area contributed by atoms with Gasteiger partial charge >= 0.3 is 5.97 Å². The van der Waals surface area contributed by atoms with Gasteiger partial charge in [-0.2, -0.15) is 0 Å². The number of anilines is 1. The van der Waals surface area contributed by atoms with Gasteiger partial charge in [0, 0.05) is 24.8 Å². The fourth-order valence-corrected chi connectivity index (χ4v) is 4.12. The molecule has 0 saturated heterocycles. The molecule has 0 bridgehead atoms. The van der Waals surface area contributed by atoms with Gasteiger partial charge in [-0.1, -0.05) is 26.0 Å². The average molecular weight is 436 g/mol. The molecule has 30 heavy (non-hydrogen) atoms. The lowest BCUT2D eigenvalue weighted by Crippen LogP contribution is -2.40. The highest BCUT2D eigenvalue weighted by Gasteiger charge is 2.24. The molecule has 1 aromatic carbocycles. The van der Waals surface area contributed by atoms with Crippen molar-refractivity contribution in [2.75, 3.05) is 18.5 Å². The van der Waals surface area contributed by atoms with Crippen molar-refractivity contribution < 1.29 is 23.1 Å². The minimum atomic E-state index is -3.85. The van der Waals surface area contributed by atoms with Crippen molar-refractivity contribution in [2.24, 2.45) is 5.92 Å². The number of rotatable bonds is 13. The lowest BCUT2D eigenvalue weighted by molar-refractivity contribution is -0.137. The third kappa shape index (κ3) is 8.00. The van der Waals surface area contributed by atoms with Crippen LogP contribution in [0, 0.1) is 5.92 Å². The smallest absolute Gasteiger partial charge is 0.304 e. The van der Waals surface area contributed by atoms with Crippen molar-refractivity contribution in [3.63, 3.8) is 0 Å². The molecule has 164 valence electrons. The molecular formula is C21H29N3O5S. The van der Waals surface area contributed by atoms with Gasteiger partial charge in [-0.25, -0.2) is 18.1 Å². The highest BCUT2D eigenvalue weighted by Crippen LogP contribution is 2.19. The van der Waals surface area contributed by atoms with Gasteiger partial charge in [-0.05, 0) is 43.0 Å². The monoisotopic (exact) mass is 435 g/mol. The third-order valence-electron chi connectivity index (χ3n) is 4.43. The molecule has 9 heteroatoms. The topological polar surface area (TPSA) is 118 Å². The molecular weight excluding hydrogens is 406 g/mol. The lowest BCUT2D eigenvalue weighted by atomic mass is 10.0.